The second kappa shape index (κ2) is 5.51. The fourth-order valence-corrected chi connectivity index (χ4v) is 1.36. The van der Waals surface area contributed by atoms with Crippen LogP contribution in [0.4, 0.5) is 5.69 Å². The van der Waals surface area contributed by atoms with Gasteiger partial charge in [0.2, 0.25) is 0 Å². The van der Waals surface area contributed by atoms with Gasteiger partial charge in [0.05, 0.1) is 6.61 Å². The van der Waals surface area contributed by atoms with Gasteiger partial charge in [0.25, 0.3) is 5.91 Å². The average Bonchev–Trinajstić information content (AvgIpc) is 2.28. The third kappa shape index (κ3) is 2.97. The van der Waals surface area contributed by atoms with Gasteiger partial charge >= 0.3 is 0 Å². The van der Waals surface area contributed by atoms with E-state index >= 15 is 0 Å². The van der Waals surface area contributed by atoms with Gasteiger partial charge in [-0.05, 0) is 30.7 Å². The van der Waals surface area contributed by atoms with Gasteiger partial charge in [-0.3, -0.25) is 4.79 Å². The number of rotatable bonds is 4. The molecule has 0 aromatic heterocycles. The number of amides is 1. The molecule has 0 aliphatic carbocycles. The van der Waals surface area contributed by atoms with Crippen LogP contribution in [0.15, 0.2) is 18.2 Å². The summed E-state index contributed by atoms with van der Waals surface area (Å²) in [5.41, 5.74) is 7.98. The van der Waals surface area contributed by atoms with Crippen molar-refractivity contribution in [2.24, 2.45) is 0 Å². The van der Waals surface area contributed by atoms with E-state index in [0.29, 0.717) is 24.4 Å². The van der Waals surface area contributed by atoms with Gasteiger partial charge in [-0.15, -0.1) is 0 Å². The highest BCUT2D eigenvalue weighted by atomic mass is 16.5. The molecular weight excluding hydrogens is 204 g/mol. The minimum Gasteiger partial charge on any atom is -0.399 e. The molecule has 1 amide bonds. The first kappa shape index (κ1) is 12.5. The van der Waals surface area contributed by atoms with Crippen LogP contribution in [0.25, 0.3) is 0 Å². The number of likely N-dealkylation sites (N-methyl/N-ethyl adjacent to an activating group) is 1. The molecule has 1 aromatic rings. The molecule has 4 heteroatoms. The third-order valence-corrected chi connectivity index (χ3v) is 2.49. The van der Waals surface area contributed by atoms with Gasteiger partial charge in [-0.2, -0.15) is 0 Å². The van der Waals surface area contributed by atoms with Crippen LogP contribution in [0.1, 0.15) is 15.9 Å². The molecule has 0 saturated heterocycles. The Morgan fingerprint density at radius 3 is 2.75 bits per heavy atom. The van der Waals surface area contributed by atoms with Crippen molar-refractivity contribution < 1.29 is 9.53 Å². The topological polar surface area (TPSA) is 55.6 Å². The highest BCUT2D eigenvalue weighted by Crippen LogP contribution is 2.13. The summed E-state index contributed by atoms with van der Waals surface area (Å²) >= 11 is 0. The van der Waals surface area contributed by atoms with Crippen LogP contribution in [0.3, 0.4) is 0 Å². The van der Waals surface area contributed by atoms with E-state index in [9.17, 15) is 4.79 Å². The molecule has 0 aliphatic heterocycles. The number of aryl methyl sites for hydroxylation is 1. The van der Waals surface area contributed by atoms with E-state index in [-0.39, 0.29) is 5.91 Å². The summed E-state index contributed by atoms with van der Waals surface area (Å²) in [6, 6.07) is 5.31. The van der Waals surface area contributed by atoms with E-state index in [4.69, 9.17) is 10.5 Å². The van der Waals surface area contributed by atoms with Gasteiger partial charge in [-0.1, -0.05) is 0 Å². The number of nitrogens with zero attached hydrogens (tertiary/aromatic N) is 1. The zero-order chi connectivity index (χ0) is 12.1. The number of methoxy groups -OCH3 is 1. The Morgan fingerprint density at radius 2 is 2.19 bits per heavy atom. The SMILES string of the molecule is COCCN(C)C(=O)c1ccc(N)c(C)c1. The van der Waals surface area contributed by atoms with Crippen LogP contribution in [0.2, 0.25) is 0 Å². The maximum absolute atomic E-state index is 11.9. The molecule has 0 unspecified atom stereocenters. The molecule has 88 valence electrons. The van der Waals surface area contributed by atoms with Crippen molar-refractivity contribution in [3.05, 3.63) is 29.3 Å². The Labute approximate surface area is 96.0 Å². The summed E-state index contributed by atoms with van der Waals surface area (Å²) in [5, 5.41) is 0. The normalized spacial score (nSPS) is 10.2. The lowest BCUT2D eigenvalue weighted by Crippen LogP contribution is -2.29. The molecule has 1 aromatic carbocycles. The molecule has 1 rings (SSSR count). The van der Waals surface area contributed by atoms with Crippen molar-refractivity contribution >= 4 is 11.6 Å². The molecule has 0 spiro atoms. The number of ether oxygens (including phenoxy) is 1. The van der Waals surface area contributed by atoms with Crippen molar-refractivity contribution in [3.63, 3.8) is 0 Å². The number of hydrogen-bond acceptors (Lipinski definition) is 3. The Kier molecular flexibility index (Phi) is 4.31. The summed E-state index contributed by atoms with van der Waals surface area (Å²) in [6.45, 7) is 3.01. The third-order valence-electron chi connectivity index (χ3n) is 2.49. The van der Waals surface area contributed by atoms with Crippen molar-refractivity contribution in [2.75, 3.05) is 33.0 Å². The molecule has 0 atom stereocenters. The zero-order valence-electron chi connectivity index (χ0n) is 9.99. The monoisotopic (exact) mass is 222 g/mol. The molecular formula is C12H18N2O2. The molecule has 0 saturated carbocycles. The van der Waals surface area contributed by atoms with E-state index in [1.165, 1.54) is 0 Å². The molecule has 0 fully saturated rings. The second-order valence-electron chi connectivity index (χ2n) is 3.79. The number of carbonyl (C=O) groups is 1. The van der Waals surface area contributed by atoms with Crippen LogP contribution >= 0.6 is 0 Å². The first-order chi connectivity index (χ1) is 7.56. The summed E-state index contributed by atoms with van der Waals surface area (Å²) in [6.07, 6.45) is 0. The second-order valence-corrected chi connectivity index (χ2v) is 3.79. The molecule has 4 nitrogen and oxygen atoms in total. The Hall–Kier alpha value is -1.55. The van der Waals surface area contributed by atoms with E-state index in [0.717, 1.165) is 5.56 Å². The van der Waals surface area contributed by atoms with Crippen LogP contribution in [0.5, 0.6) is 0 Å². The first-order valence-electron chi connectivity index (χ1n) is 5.16. The maximum atomic E-state index is 11.9. The zero-order valence-corrected chi connectivity index (χ0v) is 9.99. The largest absolute Gasteiger partial charge is 0.399 e. The minimum absolute atomic E-state index is 0.0137. The smallest absolute Gasteiger partial charge is 0.253 e. The predicted molar refractivity (Wildman–Crippen MR) is 64.4 cm³/mol. The number of nitrogens with two attached hydrogens (primary N) is 1. The van der Waals surface area contributed by atoms with E-state index < -0.39 is 0 Å². The molecule has 16 heavy (non-hydrogen) atoms. The predicted octanol–water partition coefficient (Wildman–Crippen LogP) is 1.30. The van der Waals surface area contributed by atoms with Crippen LogP contribution in [-0.4, -0.2) is 38.1 Å². The number of anilines is 1. The number of carbonyl (C=O) groups excluding carboxylic acids is 1. The lowest BCUT2D eigenvalue weighted by Gasteiger charge is -2.17. The van der Waals surface area contributed by atoms with Gasteiger partial charge in [0.15, 0.2) is 0 Å². The first-order valence-corrected chi connectivity index (χ1v) is 5.16. The summed E-state index contributed by atoms with van der Waals surface area (Å²) in [4.78, 5) is 13.6. The quantitative estimate of drug-likeness (QED) is 0.781. The number of benzene rings is 1. The molecule has 0 bridgehead atoms. The van der Waals surface area contributed by atoms with Crippen LogP contribution < -0.4 is 5.73 Å². The fraction of sp³-hybridized carbons (Fsp3) is 0.417. The van der Waals surface area contributed by atoms with Crippen LogP contribution in [0, 0.1) is 6.92 Å². The standard InChI is InChI=1S/C12H18N2O2/c1-9-8-10(4-5-11(9)13)12(15)14(2)6-7-16-3/h4-5,8H,6-7,13H2,1-3H3. The lowest BCUT2D eigenvalue weighted by atomic mass is 10.1. The van der Waals surface area contributed by atoms with E-state index in [2.05, 4.69) is 0 Å². The molecule has 0 heterocycles. The van der Waals surface area contributed by atoms with Gasteiger partial charge in [0, 0.05) is 32.0 Å². The molecule has 2 N–H and O–H groups in total. The van der Waals surface area contributed by atoms with Crippen molar-refractivity contribution in [3.8, 4) is 0 Å². The van der Waals surface area contributed by atoms with Gasteiger partial charge in [-0.25, -0.2) is 0 Å². The highest BCUT2D eigenvalue weighted by molar-refractivity contribution is 5.94. The van der Waals surface area contributed by atoms with Crippen molar-refractivity contribution in [1.82, 2.24) is 4.90 Å². The van der Waals surface area contributed by atoms with Crippen molar-refractivity contribution in [2.45, 2.75) is 6.92 Å². The van der Waals surface area contributed by atoms with E-state index in [1.807, 2.05) is 6.92 Å². The minimum atomic E-state index is -0.0137. The van der Waals surface area contributed by atoms with Gasteiger partial charge in [0.1, 0.15) is 0 Å². The fourth-order valence-electron chi connectivity index (χ4n) is 1.36. The van der Waals surface area contributed by atoms with Crippen molar-refractivity contribution in [1.29, 1.82) is 0 Å². The summed E-state index contributed by atoms with van der Waals surface area (Å²) in [5.74, 6) is -0.0137. The summed E-state index contributed by atoms with van der Waals surface area (Å²) in [7, 11) is 3.37. The average molecular weight is 222 g/mol. The Balaban J connectivity index is 2.76. The van der Waals surface area contributed by atoms with Crippen LogP contribution in [-0.2, 0) is 4.74 Å². The maximum Gasteiger partial charge on any atom is 0.253 e. The summed E-state index contributed by atoms with van der Waals surface area (Å²) < 4.78 is 4.93. The highest BCUT2D eigenvalue weighted by Gasteiger charge is 2.11. The van der Waals surface area contributed by atoms with Gasteiger partial charge < -0.3 is 15.4 Å². The Bertz CT molecular complexity index is 377. The van der Waals surface area contributed by atoms with E-state index in [1.54, 1.807) is 37.3 Å². The Morgan fingerprint density at radius 1 is 1.50 bits per heavy atom. The molecule has 0 radical (unpaired) electrons. The number of hydrogen-bond donors (Lipinski definition) is 1. The number of nitrogen functional groups attached to an aromatic ring is 1. The lowest BCUT2D eigenvalue weighted by molar-refractivity contribution is 0.0744. The molecule has 0 aliphatic rings.